The Kier molecular flexibility index (Phi) is 25.1. The molecule has 0 atom stereocenters. The van der Waals surface area contributed by atoms with E-state index < -0.39 is 16.6 Å². The van der Waals surface area contributed by atoms with E-state index >= 15 is 0 Å². The lowest BCUT2D eigenvalue weighted by Crippen LogP contribution is -2.38. The summed E-state index contributed by atoms with van der Waals surface area (Å²) in [6.07, 6.45) is 20.0. The monoisotopic (exact) mass is 538 g/mol. The van der Waals surface area contributed by atoms with Crippen molar-refractivity contribution in [2.75, 3.05) is 13.2 Å². The van der Waals surface area contributed by atoms with Crippen molar-refractivity contribution in [3.63, 3.8) is 0 Å². The molecule has 0 unspecified atom stereocenters. The van der Waals surface area contributed by atoms with Gasteiger partial charge in [-0.05, 0) is 49.1 Å². The molecule has 0 N–H and O–H groups in total. The molecule has 0 radical (unpaired) electrons. The molecule has 0 saturated carbocycles. The van der Waals surface area contributed by atoms with Crippen LogP contribution in [0.4, 0.5) is 0 Å². The molecule has 36 heavy (non-hydrogen) atoms. The Hall–Kier alpha value is -0.0862. The van der Waals surface area contributed by atoms with Gasteiger partial charge >= 0.3 is 0 Å². The zero-order valence-electron chi connectivity index (χ0n) is 25.8. The summed E-state index contributed by atoms with van der Waals surface area (Å²) in [4.78, 5) is 0. The van der Waals surface area contributed by atoms with E-state index in [2.05, 4.69) is 53.4 Å². The minimum absolute atomic E-state index is 0.932. The van der Waals surface area contributed by atoms with Crippen LogP contribution < -0.4 is 0 Å². The molecule has 0 aromatic heterocycles. The van der Waals surface area contributed by atoms with Crippen molar-refractivity contribution in [2.24, 2.45) is 0 Å². The van der Waals surface area contributed by atoms with E-state index in [-0.39, 0.29) is 0 Å². The van der Waals surface area contributed by atoms with E-state index in [0.717, 1.165) is 38.9 Å². The van der Waals surface area contributed by atoms with Gasteiger partial charge in [-0.2, -0.15) is 0 Å². The van der Waals surface area contributed by atoms with Crippen molar-refractivity contribution in [2.45, 2.75) is 181 Å². The minimum Gasteiger partial charge on any atom is -0.417 e. The van der Waals surface area contributed by atoms with Gasteiger partial charge in [0.1, 0.15) is 0 Å². The van der Waals surface area contributed by atoms with Gasteiger partial charge in [-0.3, -0.25) is 0 Å². The highest BCUT2D eigenvalue weighted by Crippen LogP contribution is 2.31. The first-order valence-electron chi connectivity index (χ1n) is 16.3. The predicted molar refractivity (Wildman–Crippen MR) is 168 cm³/mol. The third kappa shape index (κ3) is 18.2. The normalized spacial score (nSPS) is 12.1. The van der Waals surface area contributed by atoms with E-state index in [0.29, 0.717) is 0 Å². The first-order valence-corrected chi connectivity index (χ1v) is 21.4. The maximum atomic E-state index is 6.77. The summed E-state index contributed by atoms with van der Waals surface area (Å²) in [6.45, 7) is 15.8. The van der Waals surface area contributed by atoms with Crippen LogP contribution in [0.2, 0.25) is 36.3 Å². The summed E-state index contributed by atoms with van der Waals surface area (Å²) < 4.78 is 13.5. The lowest BCUT2D eigenvalue weighted by molar-refractivity contribution is 0.288. The van der Waals surface area contributed by atoms with Gasteiger partial charge < -0.3 is 8.85 Å². The standard InChI is InChI=1S/C32H66O2Si2/c1-7-13-27-35(28-14-8-2,29-15-9-3)33-25-23-21-19-20-22-24-26-34-36(30-16-10-4,31-17-11-5)32-18-12-6/h7-18,21-32H2,1-6H3. The summed E-state index contributed by atoms with van der Waals surface area (Å²) in [5.74, 6) is 6.89. The van der Waals surface area contributed by atoms with E-state index in [1.165, 1.54) is 113 Å². The molecular weight excluding hydrogens is 473 g/mol. The second-order valence-corrected chi connectivity index (χ2v) is 19.6. The summed E-state index contributed by atoms with van der Waals surface area (Å²) >= 11 is 0. The summed E-state index contributed by atoms with van der Waals surface area (Å²) in [7, 11) is -3.11. The molecule has 4 heteroatoms. The Morgan fingerprint density at radius 3 is 0.861 bits per heavy atom. The molecule has 0 saturated heterocycles. The highest BCUT2D eigenvalue weighted by molar-refractivity contribution is 6.74. The predicted octanol–water partition coefficient (Wildman–Crippen LogP) is 11.3. The molecule has 0 fully saturated rings. The van der Waals surface area contributed by atoms with E-state index in [4.69, 9.17) is 8.85 Å². The first-order chi connectivity index (χ1) is 17.6. The molecule has 0 aromatic carbocycles. The molecule has 0 aliphatic rings. The van der Waals surface area contributed by atoms with Crippen LogP contribution in [0.15, 0.2) is 0 Å². The minimum atomic E-state index is -1.55. The van der Waals surface area contributed by atoms with Gasteiger partial charge in [-0.25, -0.2) is 0 Å². The van der Waals surface area contributed by atoms with Crippen molar-refractivity contribution in [3.05, 3.63) is 0 Å². The molecule has 0 aromatic rings. The lowest BCUT2D eigenvalue weighted by atomic mass is 10.3. The molecule has 214 valence electrons. The lowest BCUT2D eigenvalue weighted by Gasteiger charge is -2.32. The molecule has 0 aliphatic carbocycles. The van der Waals surface area contributed by atoms with Crippen LogP contribution in [0.3, 0.4) is 0 Å². The fourth-order valence-corrected chi connectivity index (χ4v) is 14.8. The fourth-order valence-electron chi connectivity index (χ4n) is 5.25. The molecule has 0 aliphatic heterocycles. The average Bonchev–Trinajstić information content (AvgIpc) is 2.90. The van der Waals surface area contributed by atoms with Gasteiger partial charge in [0.25, 0.3) is 0 Å². The Morgan fingerprint density at radius 2 is 0.639 bits per heavy atom. The third-order valence-corrected chi connectivity index (χ3v) is 17.0. The summed E-state index contributed by atoms with van der Waals surface area (Å²) in [5.41, 5.74) is 0. The van der Waals surface area contributed by atoms with Crippen LogP contribution in [0.1, 0.15) is 144 Å². The highest BCUT2D eigenvalue weighted by atomic mass is 28.4. The fraction of sp³-hybridized carbons (Fsp3) is 0.938. The van der Waals surface area contributed by atoms with Gasteiger partial charge in [0.15, 0.2) is 16.6 Å². The van der Waals surface area contributed by atoms with E-state index in [9.17, 15) is 0 Å². The molecule has 0 spiro atoms. The molecule has 2 nitrogen and oxygen atoms in total. The number of rotatable bonds is 26. The Labute approximate surface area is 230 Å². The Morgan fingerprint density at radius 1 is 0.389 bits per heavy atom. The summed E-state index contributed by atoms with van der Waals surface area (Å²) in [6, 6.07) is 8.22. The van der Waals surface area contributed by atoms with Crippen molar-refractivity contribution in [1.29, 1.82) is 0 Å². The van der Waals surface area contributed by atoms with Gasteiger partial charge in [0.2, 0.25) is 0 Å². The van der Waals surface area contributed by atoms with Gasteiger partial charge in [0, 0.05) is 26.1 Å². The number of unbranched alkanes of at least 4 members (excludes halogenated alkanes) is 8. The highest BCUT2D eigenvalue weighted by Gasteiger charge is 2.33. The smallest absolute Gasteiger partial charge is 0.192 e. The van der Waals surface area contributed by atoms with Crippen molar-refractivity contribution in [1.82, 2.24) is 0 Å². The van der Waals surface area contributed by atoms with Crippen LogP contribution in [0.5, 0.6) is 0 Å². The molecule has 0 rings (SSSR count). The Bertz CT molecular complexity index is 438. The second kappa shape index (κ2) is 25.2. The largest absolute Gasteiger partial charge is 0.417 e. The average molecular weight is 539 g/mol. The van der Waals surface area contributed by atoms with E-state index in [1.54, 1.807) is 0 Å². The van der Waals surface area contributed by atoms with E-state index in [1.807, 2.05) is 0 Å². The Balaban J connectivity index is 4.50. The number of hydrogen-bond donors (Lipinski definition) is 0. The maximum Gasteiger partial charge on any atom is 0.192 e. The first kappa shape index (κ1) is 35.9. The third-order valence-electron chi connectivity index (χ3n) is 7.75. The van der Waals surface area contributed by atoms with Gasteiger partial charge in [-0.15, -0.1) is 11.8 Å². The van der Waals surface area contributed by atoms with Gasteiger partial charge in [-0.1, -0.05) is 119 Å². The van der Waals surface area contributed by atoms with Crippen LogP contribution in [-0.4, -0.2) is 29.8 Å². The van der Waals surface area contributed by atoms with Crippen LogP contribution >= 0.6 is 0 Å². The van der Waals surface area contributed by atoms with Crippen molar-refractivity contribution < 1.29 is 8.85 Å². The second-order valence-electron chi connectivity index (χ2n) is 11.2. The SMILES string of the molecule is CCCC[Si](CCCC)(CCCC)OCCCC#CCCCO[Si](CCCC)(CCCC)CCCC. The van der Waals surface area contributed by atoms with Crippen LogP contribution in [0.25, 0.3) is 0 Å². The summed E-state index contributed by atoms with van der Waals surface area (Å²) in [5, 5.41) is 0. The van der Waals surface area contributed by atoms with Crippen LogP contribution in [0, 0.1) is 11.8 Å². The quantitative estimate of drug-likeness (QED) is 0.0619. The maximum absolute atomic E-state index is 6.77. The topological polar surface area (TPSA) is 18.5 Å². The zero-order valence-corrected chi connectivity index (χ0v) is 27.8. The van der Waals surface area contributed by atoms with Crippen molar-refractivity contribution >= 4 is 16.6 Å². The number of hydrogen-bond acceptors (Lipinski definition) is 2. The molecule has 0 amide bonds. The molecule has 0 bridgehead atoms. The molecular formula is C32H66O2Si2. The zero-order chi connectivity index (χ0) is 26.8. The van der Waals surface area contributed by atoms with Crippen molar-refractivity contribution in [3.8, 4) is 11.8 Å². The van der Waals surface area contributed by atoms with Crippen LogP contribution in [-0.2, 0) is 8.85 Å². The van der Waals surface area contributed by atoms with Gasteiger partial charge in [0.05, 0.1) is 0 Å². The molecule has 0 heterocycles.